The Morgan fingerprint density at radius 1 is 1.36 bits per heavy atom. The minimum atomic E-state index is -3.36. The van der Waals surface area contributed by atoms with Crippen molar-refractivity contribution in [2.45, 2.75) is 0 Å². The van der Waals surface area contributed by atoms with Crippen molar-refractivity contribution in [3.05, 3.63) is 41.3 Å². The van der Waals surface area contributed by atoms with Gasteiger partial charge in [0.05, 0.1) is 12.9 Å². The molecule has 0 heterocycles. The zero-order chi connectivity index (χ0) is 10.6. The Kier molecular flexibility index (Phi) is 3.92. The Morgan fingerprint density at radius 2 is 1.93 bits per heavy atom. The monoisotopic (exact) mass is 233 g/mol. The second-order valence-electron chi connectivity index (χ2n) is 2.74. The highest BCUT2D eigenvalue weighted by molar-refractivity contribution is 7.85. The fraction of sp³-hybridized carbons (Fsp3) is 0.222. The molecule has 0 aliphatic carbocycles. The third kappa shape index (κ3) is 4.60. The summed E-state index contributed by atoms with van der Waals surface area (Å²) in [7, 11) is -3.36. The quantitative estimate of drug-likeness (QED) is 0.746. The summed E-state index contributed by atoms with van der Waals surface area (Å²) in [5.74, 6) is 0. The molecule has 77 valence electrons. The van der Waals surface area contributed by atoms with Crippen molar-refractivity contribution in [1.29, 1.82) is 0 Å². The lowest BCUT2D eigenvalue weighted by atomic mass is 10.2. The topological polar surface area (TPSA) is 43.4 Å². The van der Waals surface area contributed by atoms with Gasteiger partial charge >= 0.3 is 0 Å². The summed E-state index contributed by atoms with van der Waals surface area (Å²) >= 11 is 5.68. The number of halogens is 1. The molecule has 0 bridgehead atoms. The van der Waals surface area contributed by atoms with E-state index in [1.165, 1.54) is 0 Å². The van der Waals surface area contributed by atoms with Crippen LogP contribution in [0.25, 0.3) is 0 Å². The highest BCUT2D eigenvalue weighted by Gasteiger charge is 2.01. The van der Waals surface area contributed by atoms with E-state index < -0.39 is 10.1 Å². The normalized spacial score (nSPS) is 11.6. The van der Waals surface area contributed by atoms with Crippen LogP contribution in [0.1, 0.15) is 5.56 Å². The van der Waals surface area contributed by atoms with Crippen molar-refractivity contribution in [2.75, 3.05) is 12.9 Å². The van der Waals surface area contributed by atoms with Crippen molar-refractivity contribution in [3.8, 4) is 0 Å². The van der Waals surface area contributed by atoms with Crippen LogP contribution in [0.4, 0.5) is 0 Å². The van der Waals surface area contributed by atoms with E-state index in [1.807, 2.05) is 0 Å². The van der Waals surface area contributed by atoms with Gasteiger partial charge in [0.15, 0.2) is 0 Å². The van der Waals surface area contributed by atoms with E-state index in [-0.39, 0.29) is 6.61 Å². The molecule has 1 aromatic carbocycles. The molecule has 0 amide bonds. The first-order valence-corrected chi connectivity index (χ1v) is 6.10. The predicted octanol–water partition coefficient (Wildman–Crippen LogP) is 1.87. The van der Waals surface area contributed by atoms with Crippen molar-refractivity contribution in [2.24, 2.45) is 0 Å². The third-order valence-electron chi connectivity index (χ3n) is 1.47. The van der Waals surface area contributed by atoms with Gasteiger partial charge < -0.3 is 0 Å². The molecule has 0 fully saturated rings. The van der Waals surface area contributed by atoms with Crippen LogP contribution >= 0.6 is 11.6 Å². The van der Waals surface area contributed by atoms with Crippen LogP contribution in [0.3, 0.4) is 0 Å². The van der Waals surface area contributed by atoms with Crippen LogP contribution in [0.5, 0.6) is 0 Å². The fourth-order valence-electron chi connectivity index (χ4n) is 0.853. The third-order valence-corrected chi connectivity index (χ3v) is 2.29. The van der Waals surface area contributed by atoms with E-state index in [2.05, 4.69) is 4.18 Å². The summed E-state index contributed by atoms with van der Waals surface area (Å²) in [5, 5.41) is 0.645. The van der Waals surface area contributed by atoms with Gasteiger partial charge in [-0.2, -0.15) is 8.42 Å². The van der Waals surface area contributed by atoms with Crippen molar-refractivity contribution in [3.63, 3.8) is 0 Å². The van der Waals surface area contributed by atoms with E-state index >= 15 is 0 Å². The molecular weight excluding hydrogens is 224 g/mol. The average molecular weight is 234 g/mol. The molecule has 3 nitrogen and oxygen atoms in total. The van der Waals surface area contributed by atoms with E-state index in [0.29, 0.717) is 5.02 Å². The Balaban J connectivity index is 2.43. The summed E-state index contributed by atoms with van der Waals surface area (Å²) in [6.07, 6.45) is 2.68. The molecule has 5 heteroatoms. The Morgan fingerprint density at radius 3 is 2.43 bits per heavy atom. The van der Waals surface area contributed by atoms with E-state index in [0.717, 1.165) is 11.8 Å². The Hall–Kier alpha value is -0.580. The summed E-state index contributed by atoms with van der Waals surface area (Å²) in [4.78, 5) is 0. The van der Waals surface area contributed by atoms with Gasteiger partial charge in [0, 0.05) is 11.4 Å². The van der Waals surface area contributed by atoms with Gasteiger partial charge in [0.1, 0.15) is 0 Å². The largest absolute Gasteiger partial charge is 0.270 e. The first kappa shape index (κ1) is 11.5. The second-order valence-corrected chi connectivity index (χ2v) is 4.82. The summed E-state index contributed by atoms with van der Waals surface area (Å²) < 4.78 is 25.8. The molecule has 14 heavy (non-hydrogen) atoms. The maximum absolute atomic E-state index is 10.6. The maximum Gasteiger partial charge on any atom is 0.264 e. The van der Waals surface area contributed by atoms with Crippen molar-refractivity contribution < 1.29 is 12.6 Å². The molecule has 0 saturated heterocycles. The van der Waals surface area contributed by atoms with Crippen molar-refractivity contribution >= 4 is 21.7 Å². The van der Waals surface area contributed by atoms with Crippen LogP contribution in [-0.4, -0.2) is 21.3 Å². The molecule has 1 rings (SSSR count). The molecule has 0 N–H and O–H groups in total. The lowest BCUT2D eigenvalue weighted by Gasteiger charge is -2.01. The van der Waals surface area contributed by atoms with E-state index in [4.69, 9.17) is 11.6 Å². The van der Waals surface area contributed by atoms with Gasteiger partial charge in [0.2, 0.25) is 0 Å². The maximum atomic E-state index is 10.6. The molecule has 1 radical (unpaired) electrons. The molecule has 0 spiro atoms. The zero-order valence-corrected chi connectivity index (χ0v) is 9.18. The lowest BCUT2D eigenvalue weighted by Crippen LogP contribution is -2.04. The highest BCUT2D eigenvalue weighted by atomic mass is 35.5. The molecule has 0 saturated carbocycles. The number of rotatable bonds is 4. The van der Waals surface area contributed by atoms with E-state index in [1.54, 1.807) is 30.7 Å². The van der Waals surface area contributed by atoms with Gasteiger partial charge in [-0.1, -0.05) is 23.7 Å². The van der Waals surface area contributed by atoms with Crippen LogP contribution in [-0.2, 0) is 14.3 Å². The molecule has 0 aliphatic rings. The van der Waals surface area contributed by atoms with E-state index in [9.17, 15) is 8.42 Å². The van der Waals surface area contributed by atoms with Gasteiger partial charge in [-0.15, -0.1) is 0 Å². The molecule has 0 aliphatic heterocycles. The Labute approximate surface area is 88.8 Å². The van der Waals surface area contributed by atoms with Crippen molar-refractivity contribution in [1.82, 2.24) is 0 Å². The minimum absolute atomic E-state index is 0.0421. The first-order chi connectivity index (χ1) is 6.47. The first-order valence-electron chi connectivity index (χ1n) is 3.90. The summed E-state index contributed by atoms with van der Waals surface area (Å²) in [5.41, 5.74) is 0.873. The van der Waals surface area contributed by atoms with Crippen LogP contribution in [0.2, 0.25) is 5.02 Å². The molecule has 0 atom stereocenters. The molecule has 0 aromatic heterocycles. The average Bonchev–Trinajstić information content (AvgIpc) is 2.06. The van der Waals surface area contributed by atoms with Crippen LogP contribution < -0.4 is 0 Å². The van der Waals surface area contributed by atoms with Gasteiger partial charge in [-0.25, -0.2) is 0 Å². The fourth-order valence-corrected chi connectivity index (χ4v) is 1.29. The molecule has 0 unspecified atom stereocenters. The highest BCUT2D eigenvalue weighted by Crippen LogP contribution is 2.11. The summed E-state index contributed by atoms with van der Waals surface area (Å²) in [6.45, 7) is 0.0421. The smallest absolute Gasteiger partial charge is 0.264 e. The standard InChI is InChI=1S/C9H10ClO3S/c1-14(11,12)13-7-6-8-2-4-9(10)5-3-8/h2-6H,7H2,1H3. The summed E-state index contributed by atoms with van der Waals surface area (Å²) in [6, 6.07) is 7.03. The SMILES string of the molecule is CS(=O)(=O)OC[CH]c1ccc(Cl)cc1. The lowest BCUT2D eigenvalue weighted by molar-refractivity contribution is 0.352. The molecule has 1 aromatic rings. The number of benzene rings is 1. The second kappa shape index (κ2) is 4.77. The van der Waals surface area contributed by atoms with Crippen LogP contribution in [0.15, 0.2) is 24.3 Å². The van der Waals surface area contributed by atoms with Gasteiger partial charge in [-0.3, -0.25) is 4.18 Å². The zero-order valence-electron chi connectivity index (χ0n) is 7.60. The van der Waals surface area contributed by atoms with Crippen LogP contribution in [0, 0.1) is 6.42 Å². The number of hydrogen-bond donors (Lipinski definition) is 0. The molecular formula is C9H10ClO3S. The minimum Gasteiger partial charge on any atom is -0.270 e. The predicted molar refractivity (Wildman–Crippen MR) is 55.6 cm³/mol. The van der Waals surface area contributed by atoms with Gasteiger partial charge in [0.25, 0.3) is 10.1 Å². The Bertz CT molecular complexity index is 383. The number of hydrogen-bond acceptors (Lipinski definition) is 3. The van der Waals surface area contributed by atoms with Gasteiger partial charge in [-0.05, 0) is 17.7 Å².